The fourth-order valence-corrected chi connectivity index (χ4v) is 5.34. The topological polar surface area (TPSA) is 4.44 Å². The molecule has 4 rings (SSSR count). The highest BCUT2D eigenvalue weighted by atomic mass is 15.1. The Morgan fingerprint density at radius 2 is 1.47 bits per heavy atom. The molecule has 2 atom stereocenters. The summed E-state index contributed by atoms with van der Waals surface area (Å²) in [6.45, 7) is 1.44. The molecule has 15 heavy (non-hydrogen) atoms. The molecule has 4 bridgehead atoms. The van der Waals surface area contributed by atoms with Crippen molar-refractivity contribution < 1.29 is 4.90 Å². The molecule has 0 radical (unpaired) electrons. The first-order valence-corrected chi connectivity index (χ1v) is 6.94. The van der Waals surface area contributed by atoms with Gasteiger partial charge in [-0.3, -0.25) is 0 Å². The molecule has 1 nitrogen and oxygen atoms in total. The van der Waals surface area contributed by atoms with Crippen molar-refractivity contribution in [3.05, 3.63) is 0 Å². The van der Waals surface area contributed by atoms with Crippen molar-refractivity contribution in [2.24, 2.45) is 23.2 Å². The van der Waals surface area contributed by atoms with Crippen molar-refractivity contribution in [1.82, 2.24) is 0 Å². The van der Waals surface area contributed by atoms with Gasteiger partial charge in [0.05, 0.1) is 20.6 Å². The number of hydrogen-bond acceptors (Lipinski definition) is 0. The second-order valence-electron chi connectivity index (χ2n) is 7.14. The van der Waals surface area contributed by atoms with Gasteiger partial charge in [0, 0.05) is 5.41 Å². The molecule has 4 saturated carbocycles. The second kappa shape index (κ2) is 3.48. The smallest absolute Gasteiger partial charge is 0.0824 e. The fraction of sp³-hybridized carbons (Fsp3) is 1.00. The normalized spacial score (nSPS) is 48.6. The van der Waals surface area contributed by atoms with E-state index >= 15 is 0 Å². The Morgan fingerprint density at radius 3 is 2.00 bits per heavy atom. The molecule has 0 aromatic rings. The minimum absolute atomic E-state index is 0.770. The highest BCUT2D eigenvalue weighted by Crippen LogP contribution is 2.57. The summed E-state index contributed by atoms with van der Waals surface area (Å²) in [6, 6.07) is 0. The predicted molar refractivity (Wildman–Crippen MR) is 62.9 cm³/mol. The first-order valence-electron chi connectivity index (χ1n) is 6.94. The van der Waals surface area contributed by atoms with Crippen LogP contribution in [0.5, 0.6) is 0 Å². The zero-order valence-electron chi connectivity index (χ0n) is 10.4. The number of fused-ring (bicyclic) bond motifs is 1. The molecule has 0 amide bonds. The summed E-state index contributed by atoms with van der Waals surface area (Å²) in [5.74, 6) is 3.33. The highest BCUT2D eigenvalue weighted by molar-refractivity contribution is 4.98. The van der Waals surface area contributed by atoms with Gasteiger partial charge in [-0.1, -0.05) is 12.8 Å². The van der Waals surface area contributed by atoms with Crippen LogP contribution in [0.4, 0.5) is 0 Å². The van der Waals surface area contributed by atoms with Crippen molar-refractivity contribution in [2.75, 3.05) is 20.6 Å². The van der Waals surface area contributed by atoms with E-state index in [-0.39, 0.29) is 0 Å². The Kier molecular flexibility index (Phi) is 2.35. The monoisotopic (exact) mass is 208 g/mol. The van der Waals surface area contributed by atoms with E-state index < -0.39 is 0 Å². The van der Waals surface area contributed by atoms with Crippen molar-refractivity contribution in [3.8, 4) is 0 Å². The largest absolute Gasteiger partial charge is 0.339 e. The SMILES string of the molecule is C[NH+](C)CC12CC3C[C@@H](CC[C@H](C3)C1)C2. The number of quaternary nitrogens is 1. The first-order chi connectivity index (χ1) is 7.15. The zero-order valence-corrected chi connectivity index (χ0v) is 10.4. The summed E-state index contributed by atoms with van der Waals surface area (Å²) in [5.41, 5.74) is 0.770. The fourth-order valence-electron chi connectivity index (χ4n) is 5.34. The van der Waals surface area contributed by atoms with E-state index in [1.54, 1.807) is 49.8 Å². The maximum Gasteiger partial charge on any atom is 0.0824 e. The Balaban J connectivity index is 1.84. The van der Waals surface area contributed by atoms with E-state index in [9.17, 15) is 0 Å². The quantitative estimate of drug-likeness (QED) is 0.705. The van der Waals surface area contributed by atoms with Crippen molar-refractivity contribution in [3.63, 3.8) is 0 Å². The first kappa shape index (κ1) is 10.1. The predicted octanol–water partition coefficient (Wildman–Crippen LogP) is 1.74. The molecule has 4 aliphatic carbocycles. The van der Waals surface area contributed by atoms with Gasteiger partial charge in [0.1, 0.15) is 0 Å². The van der Waals surface area contributed by atoms with Gasteiger partial charge in [-0.25, -0.2) is 0 Å². The van der Waals surface area contributed by atoms with Gasteiger partial charge in [0.2, 0.25) is 0 Å². The Labute approximate surface area is 94.2 Å². The summed E-state index contributed by atoms with van der Waals surface area (Å²) >= 11 is 0. The average molecular weight is 208 g/mol. The molecule has 4 fully saturated rings. The summed E-state index contributed by atoms with van der Waals surface area (Å²) < 4.78 is 0. The molecular weight excluding hydrogens is 182 g/mol. The Hall–Kier alpha value is -0.0400. The van der Waals surface area contributed by atoms with Crippen LogP contribution in [0.1, 0.15) is 44.9 Å². The lowest BCUT2D eigenvalue weighted by Gasteiger charge is -2.48. The number of hydrogen-bond donors (Lipinski definition) is 1. The van der Waals surface area contributed by atoms with Crippen LogP contribution in [0, 0.1) is 23.2 Å². The van der Waals surface area contributed by atoms with Gasteiger partial charge in [-0.15, -0.1) is 0 Å². The van der Waals surface area contributed by atoms with E-state index in [2.05, 4.69) is 14.1 Å². The molecule has 0 saturated heterocycles. The van der Waals surface area contributed by atoms with Crippen LogP contribution < -0.4 is 4.90 Å². The molecule has 1 N–H and O–H groups in total. The molecule has 0 unspecified atom stereocenters. The molecule has 0 spiro atoms. The van der Waals surface area contributed by atoms with Gasteiger partial charge in [-0.2, -0.15) is 0 Å². The molecule has 0 aromatic heterocycles. The molecule has 0 aromatic carbocycles. The lowest BCUT2D eigenvalue weighted by Crippen LogP contribution is -3.07. The molecule has 0 heterocycles. The maximum absolute atomic E-state index is 2.34. The van der Waals surface area contributed by atoms with Crippen LogP contribution in [-0.2, 0) is 0 Å². The van der Waals surface area contributed by atoms with Gasteiger partial charge in [-0.05, 0) is 49.9 Å². The third-order valence-electron chi connectivity index (χ3n) is 5.21. The van der Waals surface area contributed by atoms with Crippen molar-refractivity contribution in [2.45, 2.75) is 44.9 Å². The van der Waals surface area contributed by atoms with E-state index in [0.717, 1.165) is 23.2 Å². The van der Waals surface area contributed by atoms with Crippen LogP contribution in [0.25, 0.3) is 0 Å². The Morgan fingerprint density at radius 1 is 0.933 bits per heavy atom. The number of nitrogens with one attached hydrogen (secondary N) is 1. The zero-order chi connectivity index (χ0) is 10.5. The van der Waals surface area contributed by atoms with E-state index in [1.807, 2.05) is 0 Å². The third-order valence-corrected chi connectivity index (χ3v) is 5.21. The summed E-state index contributed by atoms with van der Waals surface area (Å²) in [6.07, 6.45) is 11.0. The van der Waals surface area contributed by atoms with Crippen LogP contribution in [0.15, 0.2) is 0 Å². The van der Waals surface area contributed by atoms with Gasteiger partial charge in [0.25, 0.3) is 0 Å². The lowest BCUT2D eigenvalue weighted by molar-refractivity contribution is -0.866. The van der Waals surface area contributed by atoms with Crippen LogP contribution in [-0.4, -0.2) is 20.6 Å². The van der Waals surface area contributed by atoms with E-state index in [0.29, 0.717) is 0 Å². The van der Waals surface area contributed by atoms with Crippen LogP contribution in [0.3, 0.4) is 0 Å². The number of rotatable bonds is 2. The molecule has 86 valence electrons. The van der Waals surface area contributed by atoms with Crippen LogP contribution in [0.2, 0.25) is 0 Å². The van der Waals surface area contributed by atoms with Gasteiger partial charge < -0.3 is 4.90 Å². The van der Waals surface area contributed by atoms with Gasteiger partial charge >= 0.3 is 0 Å². The highest BCUT2D eigenvalue weighted by Gasteiger charge is 2.49. The molecular formula is C14H26N+. The average Bonchev–Trinajstić information content (AvgIpc) is 2.29. The minimum atomic E-state index is 0.770. The third kappa shape index (κ3) is 1.84. The van der Waals surface area contributed by atoms with Crippen molar-refractivity contribution in [1.29, 1.82) is 0 Å². The molecule has 4 aliphatic rings. The van der Waals surface area contributed by atoms with E-state index in [4.69, 9.17) is 0 Å². The lowest BCUT2D eigenvalue weighted by atomic mass is 9.58. The summed E-state index contributed by atoms with van der Waals surface area (Å²) in [5, 5.41) is 0. The molecule has 0 aliphatic heterocycles. The summed E-state index contributed by atoms with van der Waals surface area (Å²) in [7, 11) is 4.68. The summed E-state index contributed by atoms with van der Waals surface area (Å²) in [4.78, 5) is 1.68. The van der Waals surface area contributed by atoms with E-state index in [1.165, 1.54) is 6.54 Å². The maximum atomic E-state index is 2.34. The minimum Gasteiger partial charge on any atom is -0.339 e. The standard InChI is InChI=1S/C14H25N/c1-15(2)10-14-7-11-3-4-12(8-14)6-13(5-11)9-14/h11-13H,3-10H2,1-2H3/p+1/t11-,12-,13?,14?/m1/s1. The van der Waals surface area contributed by atoms with Crippen LogP contribution >= 0.6 is 0 Å². The Bertz CT molecular complexity index is 226. The molecule has 1 heteroatoms. The van der Waals surface area contributed by atoms with Crippen molar-refractivity contribution >= 4 is 0 Å². The second-order valence-corrected chi connectivity index (χ2v) is 7.14. The van der Waals surface area contributed by atoms with Gasteiger partial charge in [0.15, 0.2) is 0 Å².